The molecule has 1 unspecified atom stereocenters. The van der Waals surface area contributed by atoms with Crippen molar-refractivity contribution in [2.75, 3.05) is 18.0 Å². The van der Waals surface area contributed by atoms with Crippen molar-refractivity contribution in [3.05, 3.63) is 59.7 Å². The molecule has 6 heteroatoms. The zero-order valence-corrected chi connectivity index (χ0v) is 17.2. The van der Waals surface area contributed by atoms with Gasteiger partial charge in [-0.1, -0.05) is 26.0 Å². The van der Waals surface area contributed by atoms with Crippen molar-refractivity contribution >= 4 is 15.7 Å². The fourth-order valence-corrected chi connectivity index (χ4v) is 4.81. The molecule has 1 heterocycles. The molecule has 148 valence electrons. The van der Waals surface area contributed by atoms with Crippen LogP contribution < -0.4 is 9.62 Å². The van der Waals surface area contributed by atoms with Gasteiger partial charge >= 0.3 is 0 Å². The minimum absolute atomic E-state index is 0.0612. The molecule has 1 N–H and O–H groups in total. The SMILES string of the molecule is CCC(C)c1ccc(S(=O)(=O)NC2CCN(c3ccc(C#N)cc3)CC2)cc1. The van der Waals surface area contributed by atoms with Gasteiger partial charge in [-0.05, 0) is 67.1 Å². The quantitative estimate of drug-likeness (QED) is 0.799. The van der Waals surface area contributed by atoms with Crippen LogP contribution >= 0.6 is 0 Å². The Kier molecular flexibility index (Phi) is 6.38. The minimum Gasteiger partial charge on any atom is -0.371 e. The summed E-state index contributed by atoms with van der Waals surface area (Å²) in [4.78, 5) is 2.56. The Morgan fingerprint density at radius 3 is 2.25 bits per heavy atom. The summed E-state index contributed by atoms with van der Waals surface area (Å²) >= 11 is 0. The Bertz CT molecular complexity index is 923. The van der Waals surface area contributed by atoms with Crippen molar-refractivity contribution in [1.82, 2.24) is 4.72 Å². The fraction of sp³-hybridized carbons (Fsp3) is 0.409. The number of nitrogens with one attached hydrogen (secondary N) is 1. The number of sulfonamides is 1. The molecule has 0 spiro atoms. The second-order valence-electron chi connectivity index (χ2n) is 7.42. The molecule has 1 atom stereocenters. The average Bonchev–Trinajstić information content (AvgIpc) is 2.73. The van der Waals surface area contributed by atoms with Crippen molar-refractivity contribution in [3.8, 4) is 6.07 Å². The van der Waals surface area contributed by atoms with Crippen LogP contribution in [0.1, 0.15) is 50.2 Å². The van der Waals surface area contributed by atoms with Crippen LogP contribution in [0.3, 0.4) is 0 Å². The average molecular weight is 398 g/mol. The van der Waals surface area contributed by atoms with E-state index in [1.165, 1.54) is 0 Å². The van der Waals surface area contributed by atoms with E-state index < -0.39 is 10.0 Å². The molecular formula is C22H27N3O2S. The number of piperidine rings is 1. The maximum atomic E-state index is 12.7. The largest absolute Gasteiger partial charge is 0.371 e. The van der Waals surface area contributed by atoms with Gasteiger partial charge in [-0.3, -0.25) is 0 Å². The lowest BCUT2D eigenvalue weighted by Crippen LogP contribution is -2.44. The normalized spacial score (nSPS) is 16.5. The molecule has 5 nitrogen and oxygen atoms in total. The maximum absolute atomic E-state index is 12.7. The molecular weight excluding hydrogens is 370 g/mol. The Morgan fingerprint density at radius 2 is 1.71 bits per heavy atom. The fourth-order valence-electron chi connectivity index (χ4n) is 3.50. The van der Waals surface area contributed by atoms with E-state index in [4.69, 9.17) is 5.26 Å². The van der Waals surface area contributed by atoms with Crippen LogP contribution in [0.25, 0.3) is 0 Å². The molecule has 2 aromatic carbocycles. The molecule has 2 aromatic rings. The van der Waals surface area contributed by atoms with Crippen LogP contribution in [0, 0.1) is 11.3 Å². The highest BCUT2D eigenvalue weighted by Gasteiger charge is 2.25. The van der Waals surface area contributed by atoms with Crippen molar-refractivity contribution in [3.63, 3.8) is 0 Å². The lowest BCUT2D eigenvalue weighted by molar-refractivity contribution is 0.460. The second kappa shape index (κ2) is 8.76. The van der Waals surface area contributed by atoms with Gasteiger partial charge in [0.2, 0.25) is 10.0 Å². The summed E-state index contributed by atoms with van der Waals surface area (Å²) in [5.41, 5.74) is 2.88. The summed E-state index contributed by atoms with van der Waals surface area (Å²) in [5.74, 6) is 0.427. The number of hydrogen-bond donors (Lipinski definition) is 1. The summed E-state index contributed by atoms with van der Waals surface area (Å²) in [6.45, 7) is 5.84. The molecule has 1 fully saturated rings. The topological polar surface area (TPSA) is 73.2 Å². The zero-order chi connectivity index (χ0) is 20.1. The van der Waals surface area contributed by atoms with Crippen molar-refractivity contribution in [2.24, 2.45) is 0 Å². The smallest absolute Gasteiger partial charge is 0.240 e. The van der Waals surface area contributed by atoms with Gasteiger partial charge in [0.15, 0.2) is 0 Å². The van der Waals surface area contributed by atoms with E-state index in [0.29, 0.717) is 16.4 Å². The maximum Gasteiger partial charge on any atom is 0.240 e. The zero-order valence-electron chi connectivity index (χ0n) is 16.4. The van der Waals surface area contributed by atoms with Gasteiger partial charge in [-0.2, -0.15) is 5.26 Å². The molecule has 0 saturated carbocycles. The van der Waals surface area contributed by atoms with E-state index >= 15 is 0 Å². The van der Waals surface area contributed by atoms with Crippen LogP contribution in [-0.4, -0.2) is 27.5 Å². The van der Waals surface area contributed by atoms with Crippen LogP contribution in [0.5, 0.6) is 0 Å². The molecule has 1 aliphatic heterocycles. The summed E-state index contributed by atoms with van der Waals surface area (Å²) in [7, 11) is -3.50. The van der Waals surface area contributed by atoms with Crippen LogP contribution in [0.15, 0.2) is 53.4 Å². The van der Waals surface area contributed by atoms with E-state index in [1.807, 2.05) is 36.4 Å². The lowest BCUT2D eigenvalue weighted by atomic mass is 9.99. The summed E-state index contributed by atoms with van der Waals surface area (Å²) in [6.07, 6.45) is 2.54. The van der Waals surface area contributed by atoms with E-state index in [1.54, 1.807) is 12.1 Å². The molecule has 3 rings (SSSR count). The van der Waals surface area contributed by atoms with E-state index in [9.17, 15) is 8.42 Å². The van der Waals surface area contributed by atoms with Crippen LogP contribution in [0.4, 0.5) is 5.69 Å². The highest BCUT2D eigenvalue weighted by atomic mass is 32.2. The van der Waals surface area contributed by atoms with E-state index in [0.717, 1.165) is 43.6 Å². The van der Waals surface area contributed by atoms with Crippen molar-refractivity contribution in [1.29, 1.82) is 5.26 Å². The molecule has 0 aliphatic carbocycles. The highest BCUT2D eigenvalue weighted by Crippen LogP contribution is 2.23. The third-order valence-electron chi connectivity index (χ3n) is 5.55. The molecule has 1 saturated heterocycles. The second-order valence-corrected chi connectivity index (χ2v) is 9.13. The first-order chi connectivity index (χ1) is 13.4. The van der Waals surface area contributed by atoms with Gasteiger partial charge in [0.05, 0.1) is 16.5 Å². The van der Waals surface area contributed by atoms with Gasteiger partial charge < -0.3 is 4.90 Å². The Morgan fingerprint density at radius 1 is 1.11 bits per heavy atom. The van der Waals surface area contributed by atoms with E-state index in [2.05, 4.69) is 29.5 Å². The first-order valence-corrected chi connectivity index (χ1v) is 11.3. The van der Waals surface area contributed by atoms with Gasteiger partial charge in [-0.15, -0.1) is 0 Å². The Labute approximate surface area is 168 Å². The number of rotatable bonds is 6. The molecule has 0 bridgehead atoms. The number of nitriles is 1. The van der Waals surface area contributed by atoms with Gasteiger partial charge in [-0.25, -0.2) is 13.1 Å². The van der Waals surface area contributed by atoms with Crippen LogP contribution in [-0.2, 0) is 10.0 Å². The minimum atomic E-state index is -3.50. The molecule has 28 heavy (non-hydrogen) atoms. The third kappa shape index (κ3) is 4.73. The highest BCUT2D eigenvalue weighted by molar-refractivity contribution is 7.89. The number of hydrogen-bond acceptors (Lipinski definition) is 4. The van der Waals surface area contributed by atoms with Gasteiger partial charge in [0.1, 0.15) is 0 Å². The first kappa shape index (κ1) is 20.4. The molecule has 0 aromatic heterocycles. The molecule has 0 amide bonds. The Balaban J connectivity index is 1.59. The number of benzene rings is 2. The molecule has 1 aliphatic rings. The van der Waals surface area contributed by atoms with Crippen molar-refractivity contribution in [2.45, 2.75) is 50.0 Å². The number of nitrogens with zero attached hydrogens (tertiary/aromatic N) is 2. The standard InChI is InChI=1S/C22H27N3O2S/c1-3-17(2)19-6-10-22(11-7-19)28(26,27)24-20-12-14-25(15-13-20)21-8-4-18(16-23)5-9-21/h4-11,17,20,24H,3,12-15H2,1-2H3. The Hall–Kier alpha value is -2.36. The summed E-state index contributed by atoms with van der Waals surface area (Å²) < 4.78 is 28.3. The molecule has 0 radical (unpaired) electrons. The lowest BCUT2D eigenvalue weighted by Gasteiger charge is -2.33. The predicted octanol–water partition coefficient (Wildman–Crippen LogP) is 4.02. The van der Waals surface area contributed by atoms with E-state index in [-0.39, 0.29) is 6.04 Å². The number of anilines is 1. The first-order valence-electron chi connectivity index (χ1n) is 9.80. The van der Waals surface area contributed by atoms with Crippen molar-refractivity contribution < 1.29 is 8.42 Å². The van der Waals surface area contributed by atoms with Gasteiger partial charge in [0.25, 0.3) is 0 Å². The summed E-state index contributed by atoms with van der Waals surface area (Å²) in [5, 5.41) is 8.90. The predicted molar refractivity (Wildman–Crippen MR) is 112 cm³/mol. The summed E-state index contributed by atoms with van der Waals surface area (Å²) in [6, 6.07) is 16.8. The third-order valence-corrected chi connectivity index (χ3v) is 7.09. The van der Waals surface area contributed by atoms with Crippen LogP contribution in [0.2, 0.25) is 0 Å². The monoisotopic (exact) mass is 397 g/mol. The van der Waals surface area contributed by atoms with Gasteiger partial charge in [0, 0.05) is 24.8 Å².